The van der Waals surface area contributed by atoms with Crippen molar-refractivity contribution >= 4 is 11.6 Å². The van der Waals surface area contributed by atoms with Crippen LogP contribution in [0, 0.1) is 11.3 Å². The molecule has 156 valence electrons. The number of rotatable bonds is 3. The van der Waals surface area contributed by atoms with Gasteiger partial charge in [0.25, 0.3) is 0 Å². The third-order valence-corrected chi connectivity index (χ3v) is 4.31. The number of hydrogen-bond donors (Lipinski definition) is 2. The molecule has 1 unspecified atom stereocenters. The Kier molecular flexibility index (Phi) is 12.0. The predicted octanol–water partition coefficient (Wildman–Crippen LogP) is 6.14. The fraction of sp³-hybridized carbons (Fsp3) is 0.500. The molecule has 0 spiro atoms. The largest absolute Gasteiger partial charge is 0.325 e. The van der Waals surface area contributed by atoms with Gasteiger partial charge < -0.3 is 11.1 Å². The summed E-state index contributed by atoms with van der Waals surface area (Å²) in [5.41, 5.74) is 8.90. The van der Waals surface area contributed by atoms with E-state index in [-0.39, 0.29) is 5.91 Å². The third kappa shape index (κ3) is 10.8. The van der Waals surface area contributed by atoms with Gasteiger partial charge in [-0.15, -0.1) is 0 Å². The topological polar surface area (TPSA) is 68.0 Å². The molecule has 1 aromatic heterocycles. The Bertz CT molecular complexity index is 656. The summed E-state index contributed by atoms with van der Waals surface area (Å²) in [5, 5.41) is 2.74. The summed E-state index contributed by atoms with van der Waals surface area (Å²) in [4.78, 5) is 15.4. The van der Waals surface area contributed by atoms with Crippen molar-refractivity contribution in [2.24, 2.45) is 17.1 Å². The number of carbonyl (C=O) groups excluding carboxylic acids is 1. The lowest BCUT2D eigenvalue weighted by Gasteiger charge is -2.22. The van der Waals surface area contributed by atoms with E-state index < -0.39 is 6.04 Å². The number of nitrogens with two attached hydrogens (primary N) is 1. The van der Waals surface area contributed by atoms with Crippen molar-refractivity contribution in [3.05, 3.63) is 48.8 Å². The minimum atomic E-state index is -0.509. The number of aromatic nitrogens is 1. The van der Waals surface area contributed by atoms with Gasteiger partial charge in [-0.3, -0.25) is 9.78 Å². The number of pyridine rings is 1. The molecule has 1 amide bonds. The Morgan fingerprint density at radius 1 is 0.964 bits per heavy atom. The van der Waals surface area contributed by atoms with Crippen LogP contribution in [0.3, 0.4) is 0 Å². The Morgan fingerprint density at radius 3 is 1.71 bits per heavy atom. The van der Waals surface area contributed by atoms with E-state index in [9.17, 15) is 4.79 Å². The van der Waals surface area contributed by atoms with Crippen LogP contribution in [0.4, 0.5) is 5.69 Å². The molecule has 0 saturated carbocycles. The van der Waals surface area contributed by atoms with E-state index in [4.69, 9.17) is 5.73 Å². The van der Waals surface area contributed by atoms with E-state index in [1.165, 1.54) is 6.42 Å². The fourth-order valence-corrected chi connectivity index (χ4v) is 1.55. The molecule has 0 saturated heterocycles. The molecule has 0 aliphatic carbocycles. The van der Waals surface area contributed by atoms with Crippen LogP contribution in [0.15, 0.2) is 48.8 Å². The monoisotopic (exact) mass is 385 g/mol. The Morgan fingerprint density at radius 2 is 1.36 bits per heavy atom. The van der Waals surface area contributed by atoms with Crippen molar-refractivity contribution < 1.29 is 4.79 Å². The third-order valence-electron chi connectivity index (χ3n) is 4.31. The van der Waals surface area contributed by atoms with Crippen LogP contribution in [0.1, 0.15) is 61.8 Å². The van der Waals surface area contributed by atoms with E-state index in [0.717, 1.165) is 22.7 Å². The number of anilines is 1. The van der Waals surface area contributed by atoms with E-state index in [2.05, 4.69) is 58.8 Å². The summed E-state index contributed by atoms with van der Waals surface area (Å²) in [6.07, 6.45) is 4.75. The number of nitrogens with zero attached hydrogens (tertiary/aromatic N) is 1. The molecule has 28 heavy (non-hydrogen) atoms. The molecule has 0 bridgehead atoms. The lowest BCUT2D eigenvalue weighted by molar-refractivity contribution is -0.117. The van der Waals surface area contributed by atoms with E-state index in [1.807, 2.05) is 36.4 Å². The standard InChI is InChI=1S/C14H15N3O.C7H16.C3H8/c1-10(15)14(18)17-13-4-2-11(3-5-13)12-6-8-16-9-7-12;1-6(2)7(3,4)5;1-3-2/h2-10H,15H2,1H3,(H,17,18);6H,1-5H3;3H2,1-2H3. The SMILES string of the molecule is CC(C)C(C)(C)C.CC(N)C(=O)Nc1ccc(-c2ccncc2)cc1.CCC. The quantitative estimate of drug-likeness (QED) is 0.667. The van der Waals surface area contributed by atoms with Crippen molar-refractivity contribution in [1.82, 2.24) is 4.98 Å². The van der Waals surface area contributed by atoms with Crippen LogP contribution in [-0.4, -0.2) is 16.9 Å². The first-order valence-electron chi connectivity index (χ1n) is 10.1. The van der Waals surface area contributed by atoms with Gasteiger partial charge in [0.15, 0.2) is 0 Å². The molecule has 0 fully saturated rings. The average molecular weight is 386 g/mol. The normalized spacial score (nSPS) is 11.5. The zero-order valence-corrected chi connectivity index (χ0v) is 18.9. The van der Waals surface area contributed by atoms with Gasteiger partial charge in [0, 0.05) is 18.1 Å². The smallest absolute Gasteiger partial charge is 0.240 e. The van der Waals surface area contributed by atoms with Crippen molar-refractivity contribution in [2.75, 3.05) is 5.32 Å². The van der Waals surface area contributed by atoms with Gasteiger partial charge in [-0.1, -0.05) is 67.0 Å². The van der Waals surface area contributed by atoms with Crippen LogP contribution >= 0.6 is 0 Å². The summed E-state index contributed by atoms with van der Waals surface area (Å²) < 4.78 is 0. The second-order valence-electron chi connectivity index (χ2n) is 8.32. The Hall–Kier alpha value is -2.20. The maximum Gasteiger partial charge on any atom is 0.240 e. The van der Waals surface area contributed by atoms with Gasteiger partial charge in [0.05, 0.1) is 6.04 Å². The molecule has 0 radical (unpaired) electrons. The zero-order chi connectivity index (χ0) is 21.7. The van der Waals surface area contributed by atoms with Crippen LogP contribution in [0.2, 0.25) is 0 Å². The van der Waals surface area contributed by atoms with Gasteiger partial charge in [-0.2, -0.15) is 0 Å². The summed E-state index contributed by atoms with van der Waals surface area (Å²) >= 11 is 0. The highest BCUT2D eigenvalue weighted by atomic mass is 16.2. The fourth-order valence-electron chi connectivity index (χ4n) is 1.55. The van der Waals surface area contributed by atoms with E-state index >= 15 is 0 Å². The van der Waals surface area contributed by atoms with Crippen molar-refractivity contribution in [1.29, 1.82) is 0 Å². The van der Waals surface area contributed by atoms with Gasteiger partial charge in [-0.25, -0.2) is 0 Å². The highest BCUT2D eigenvalue weighted by Crippen LogP contribution is 2.23. The molecule has 4 heteroatoms. The second-order valence-corrected chi connectivity index (χ2v) is 8.32. The van der Waals surface area contributed by atoms with Crippen molar-refractivity contribution in [3.63, 3.8) is 0 Å². The number of nitrogens with one attached hydrogen (secondary N) is 1. The van der Waals surface area contributed by atoms with Gasteiger partial charge in [0.1, 0.15) is 0 Å². The molecule has 3 N–H and O–H groups in total. The van der Waals surface area contributed by atoms with Crippen LogP contribution < -0.4 is 11.1 Å². The molecular weight excluding hydrogens is 346 g/mol. The van der Waals surface area contributed by atoms with Gasteiger partial charge in [-0.05, 0) is 53.6 Å². The molecule has 4 nitrogen and oxygen atoms in total. The number of hydrogen-bond acceptors (Lipinski definition) is 3. The highest BCUT2D eigenvalue weighted by Gasteiger charge is 2.13. The van der Waals surface area contributed by atoms with E-state index in [1.54, 1.807) is 19.3 Å². The van der Waals surface area contributed by atoms with Gasteiger partial charge in [0.2, 0.25) is 5.91 Å². The predicted molar refractivity (Wildman–Crippen MR) is 122 cm³/mol. The lowest BCUT2D eigenvalue weighted by Crippen LogP contribution is -2.32. The lowest BCUT2D eigenvalue weighted by atomic mass is 9.84. The summed E-state index contributed by atoms with van der Waals surface area (Å²) in [6, 6.07) is 11.0. The summed E-state index contributed by atoms with van der Waals surface area (Å²) in [7, 11) is 0. The number of carbonyl (C=O) groups is 1. The molecule has 1 atom stereocenters. The Labute approximate surface area is 172 Å². The van der Waals surface area contributed by atoms with E-state index in [0.29, 0.717) is 5.41 Å². The first-order valence-corrected chi connectivity index (χ1v) is 10.1. The minimum absolute atomic E-state index is 0.188. The van der Waals surface area contributed by atoms with Crippen molar-refractivity contribution in [3.8, 4) is 11.1 Å². The number of amides is 1. The minimum Gasteiger partial charge on any atom is -0.325 e. The molecular formula is C24H39N3O. The summed E-state index contributed by atoms with van der Waals surface area (Å²) in [5.74, 6) is 0.610. The first kappa shape index (κ1) is 25.8. The summed E-state index contributed by atoms with van der Waals surface area (Å²) in [6.45, 7) is 17.2. The van der Waals surface area contributed by atoms with Crippen LogP contribution in [0.5, 0.6) is 0 Å². The van der Waals surface area contributed by atoms with Gasteiger partial charge >= 0.3 is 0 Å². The molecule has 0 aliphatic rings. The molecule has 2 rings (SSSR count). The highest BCUT2D eigenvalue weighted by molar-refractivity contribution is 5.94. The maximum atomic E-state index is 11.4. The number of benzene rings is 1. The zero-order valence-electron chi connectivity index (χ0n) is 18.9. The Balaban J connectivity index is 0.000000612. The molecule has 1 aromatic carbocycles. The van der Waals surface area contributed by atoms with Crippen LogP contribution in [0.25, 0.3) is 11.1 Å². The van der Waals surface area contributed by atoms with Crippen LogP contribution in [-0.2, 0) is 4.79 Å². The molecule has 2 aromatic rings. The van der Waals surface area contributed by atoms with Crippen molar-refractivity contribution in [2.45, 2.75) is 67.9 Å². The first-order chi connectivity index (χ1) is 13.0. The molecule has 0 aliphatic heterocycles. The second kappa shape index (κ2) is 13.1. The average Bonchev–Trinajstić information content (AvgIpc) is 2.63. The molecule has 1 heterocycles. The maximum absolute atomic E-state index is 11.4.